The van der Waals surface area contributed by atoms with Crippen LogP contribution in [0.15, 0.2) is 54.1 Å². The van der Waals surface area contributed by atoms with Gasteiger partial charge in [0, 0.05) is 11.6 Å². The first-order valence-corrected chi connectivity index (χ1v) is 6.70. The van der Waals surface area contributed by atoms with Gasteiger partial charge in [-0.05, 0) is 37.5 Å². The molecule has 0 aliphatic rings. The minimum atomic E-state index is 0.278. The van der Waals surface area contributed by atoms with Crippen LogP contribution >= 0.6 is 0 Å². The minimum Gasteiger partial charge on any atom is -0.507 e. The van der Waals surface area contributed by atoms with E-state index in [0.717, 1.165) is 16.7 Å². The van der Waals surface area contributed by atoms with Crippen molar-refractivity contribution in [1.82, 2.24) is 0 Å². The largest absolute Gasteiger partial charge is 0.507 e. The van der Waals surface area contributed by atoms with Gasteiger partial charge in [0.05, 0.1) is 7.11 Å². The Labute approximate surface area is 120 Å². The Hall–Kier alpha value is -2.22. The number of hydrogen-bond donors (Lipinski definition) is 1. The topological polar surface area (TPSA) is 29.5 Å². The predicted molar refractivity (Wildman–Crippen MR) is 83.2 cm³/mol. The molecule has 2 aromatic rings. The number of benzene rings is 2. The highest BCUT2D eigenvalue weighted by Crippen LogP contribution is 2.35. The normalized spacial score (nSPS) is 10.2. The maximum absolute atomic E-state index is 10.3. The SMILES string of the molecule is COc1cc(O)c(CC=C(C)C)c(-c2ccccc2)c1. The summed E-state index contributed by atoms with van der Waals surface area (Å²) in [6.45, 7) is 4.12. The highest BCUT2D eigenvalue weighted by molar-refractivity contribution is 5.72. The van der Waals surface area contributed by atoms with Crippen molar-refractivity contribution in [3.63, 3.8) is 0 Å². The lowest BCUT2D eigenvalue weighted by atomic mass is 9.96. The summed E-state index contributed by atoms with van der Waals surface area (Å²) in [5, 5.41) is 10.3. The molecule has 0 atom stereocenters. The van der Waals surface area contributed by atoms with Gasteiger partial charge in [-0.1, -0.05) is 42.0 Å². The molecule has 20 heavy (non-hydrogen) atoms. The number of phenolic OH excluding ortho intramolecular Hbond substituents is 1. The summed E-state index contributed by atoms with van der Waals surface area (Å²) in [4.78, 5) is 0. The van der Waals surface area contributed by atoms with Crippen molar-refractivity contribution < 1.29 is 9.84 Å². The highest BCUT2D eigenvalue weighted by Gasteiger charge is 2.11. The molecule has 0 aliphatic heterocycles. The van der Waals surface area contributed by atoms with Crippen LogP contribution in [-0.4, -0.2) is 12.2 Å². The van der Waals surface area contributed by atoms with Crippen molar-refractivity contribution in [3.05, 3.63) is 59.7 Å². The van der Waals surface area contributed by atoms with Crippen molar-refractivity contribution in [2.24, 2.45) is 0 Å². The van der Waals surface area contributed by atoms with Gasteiger partial charge in [0.1, 0.15) is 11.5 Å². The molecule has 2 heteroatoms. The lowest BCUT2D eigenvalue weighted by Gasteiger charge is -2.13. The highest BCUT2D eigenvalue weighted by atomic mass is 16.5. The number of methoxy groups -OCH3 is 1. The summed E-state index contributed by atoms with van der Waals surface area (Å²) >= 11 is 0. The molecule has 0 aliphatic carbocycles. The number of phenols is 1. The molecule has 0 fully saturated rings. The van der Waals surface area contributed by atoms with Crippen molar-refractivity contribution in [2.45, 2.75) is 20.3 Å². The van der Waals surface area contributed by atoms with E-state index in [-0.39, 0.29) is 5.75 Å². The van der Waals surface area contributed by atoms with Gasteiger partial charge in [-0.2, -0.15) is 0 Å². The number of hydrogen-bond acceptors (Lipinski definition) is 2. The monoisotopic (exact) mass is 268 g/mol. The van der Waals surface area contributed by atoms with Gasteiger partial charge >= 0.3 is 0 Å². The summed E-state index contributed by atoms with van der Waals surface area (Å²) in [7, 11) is 1.61. The van der Waals surface area contributed by atoms with Crippen LogP contribution in [0.3, 0.4) is 0 Å². The molecule has 2 rings (SSSR count). The van der Waals surface area contributed by atoms with Gasteiger partial charge < -0.3 is 9.84 Å². The molecule has 0 saturated carbocycles. The Morgan fingerprint density at radius 1 is 1.15 bits per heavy atom. The molecule has 0 radical (unpaired) electrons. The molecule has 0 aromatic heterocycles. The Morgan fingerprint density at radius 3 is 2.45 bits per heavy atom. The first kappa shape index (κ1) is 14.2. The lowest BCUT2D eigenvalue weighted by Crippen LogP contribution is -1.93. The molecule has 104 valence electrons. The van der Waals surface area contributed by atoms with Crippen LogP contribution in [0.25, 0.3) is 11.1 Å². The standard InChI is InChI=1S/C18H20O2/c1-13(2)9-10-16-17(14-7-5-4-6-8-14)11-15(20-3)12-18(16)19/h4-9,11-12,19H,10H2,1-3H3. The maximum Gasteiger partial charge on any atom is 0.123 e. The zero-order chi connectivity index (χ0) is 14.5. The van der Waals surface area contributed by atoms with Crippen molar-refractivity contribution in [3.8, 4) is 22.6 Å². The van der Waals surface area contributed by atoms with Crippen LogP contribution < -0.4 is 4.74 Å². The van der Waals surface area contributed by atoms with Gasteiger partial charge in [-0.15, -0.1) is 0 Å². The molecule has 0 unspecified atom stereocenters. The van der Waals surface area contributed by atoms with E-state index in [1.54, 1.807) is 13.2 Å². The van der Waals surface area contributed by atoms with Gasteiger partial charge in [0.25, 0.3) is 0 Å². The Bertz CT molecular complexity index is 609. The van der Waals surface area contributed by atoms with Crippen molar-refractivity contribution in [1.29, 1.82) is 0 Å². The van der Waals surface area contributed by atoms with Crippen LogP contribution in [0.5, 0.6) is 11.5 Å². The second kappa shape index (κ2) is 6.29. The van der Waals surface area contributed by atoms with Gasteiger partial charge in [0.15, 0.2) is 0 Å². The van der Waals surface area contributed by atoms with E-state index in [1.807, 2.05) is 36.4 Å². The second-order valence-electron chi connectivity index (χ2n) is 5.02. The molecule has 0 spiro atoms. The van der Waals surface area contributed by atoms with E-state index in [4.69, 9.17) is 4.74 Å². The molecule has 1 N–H and O–H groups in total. The van der Waals surface area contributed by atoms with E-state index < -0.39 is 0 Å². The Balaban J connectivity index is 2.56. The first-order chi connectivity index (χ1) is 9.61. The second-order valence-corrected chi connectivity index (χ2v) is 5.02. The Kier molecular flexibility index (Phi) is 4.46. The third-order valence-corrected chi connectivity index (χ3v) is 3.23. The fourth-order valence-corrected chi connectivity index (χ4v) is 2.14. The molecule has 2 nitrogen and oxygen atoms in total. The van der Waals surface area contributed by atoms with E-state index in [1.165, 1.54) is 5.57 Å². The van der Waals surface area contributed by atoms with Crippen LogP contribution in [-0.2, 0) is 6.42 Å². The number of aromatic hydroxyl groups is 1. The molecular formula is C18H20O2. The molecule has 2 aromatic carbocycles. The average molecular weight is 268 g/mol. The fourth-order valence-electron chi connectivity index (χ4n) is 2.14. The first-order valence-electron chi connectivity index (χ1n) is 6.70. The summed E-state index contributed by atoms with van der Waals surface area (Å²) in [5.41, 5.74) is 4.26. The summed E-state index contributed by atoms with van der Waals surface area (Å²) in [5.74, 6) is 0.947. The molecule has 0 amide bonds. The predicted octanol–water partition coefficient (Wildman–Crippen LogP) is 4.58. The molecule has 0 heterocycles. The third-order valence-electron chi connectivity index (χ3n) is 3.23. The quantitative estimate of drug-likeness (QED) is 0.823. The van der Waals surface area contributed by atoms with Gasteiger partial charge in [-0.3, -0.25) is 0 Å². The number of allylic oxidation sites excluding steroid dienone is 2. The van der Waals surface area contributed by atoms with Gasteiger partial charge in [-0.25, -0.2) is 0 Å². The zero-order valence-electron chi connectivity index (χ0n) is 12.2. The van der Waals surface area contributed by atoms with Crippen LogP contribution in [0.1, 0.15) is 19.4 Å². The smallest absolute Gasteiger partial charge is 0.123 e. The summed E-state index contributed by atoms with van der Waals surface area (Å²) in [6.07, 6.45) is 2.83. The summed E-state index contributed by atoms with van der Waals surface area (Å²) in [6, 6.07) is 13.7. The van der Waals surface area contributed by atoms with Crippen LogP contribution in [0, 0.1) is 0 Å². The Morgan fingerprint density at radius 2 is 1.85 bits per heavy atom. The van der Waals surface area contributed by atoms with Crippen molar-refractivity contribution in [2.75, 3.05) is 7.11 Å². The zero-order valence-corrected chi connectivity index (χ0v) is 12.2. The van der Waals surface area contributed by atoms with Crippen LogP contribution in [0.2, 0.25) is 0 Å². The number of ether oxygens (including phenoxy) is 1. The van der Waals surface area contributed by atoms with Crippen LogP contribution in [0.4, 0.5) is 0 Å². The van der Waals surface area contributed by atoms with E-state index >= 15 is 0 Å². The molecule has 0 bridgehead atoms. The molecular weight excluding hydrogens is 248 g/mol. The van der Waals surface area contributed by atoms with Gasteiger partial charge in [0.2, 0.25) is 0 Å². The number of rotatable bonds is 4. The summed E-state index contributed by atoms with van der Waals surface area (Å²) < 4.78 is 5.26. The van der Waals surface area contributed by atoms with E-state index in [9.17, 15) is 5.11 Å². The average Bonchev–Trinajstić information content (AvgIpc) is 2.46. The minimum absolute atomic E-state index is 0.278. The lowest BCUT2D eigenvalue weighted by molar-refractivity contribution is 0.407. The fraction of sp³-hybridized carbons (Fsp3) is 0.222. The van der Waals surface area contributed by atoms with E-state index in [2.05, 4.69) is 19.9 Å². The van der Waals surface area contributed by atoms with Crippen molar-refractivity contribution >= 4 is 0 Å². The molecule has 0 saturated heterocycles. The van der Waals surface area contributed by atoms with E-state index in [0.29, 0.717) is 12.2 Å². The third kappa shape index (κ3) is 3.21. The maximum atomic E-state index is 10.3.